The molecule has 1 atom stereocenters. The molecular weight excluding hydrogens is 671 g/mol. The molecule has 0 aliphatic heterocycles. The average molecular weight is 758 g/mol. The molecule has 2 N–H and O–H groups in total. The van der Waals surface area contributed by atoms with E-state index in [1.54, 1.807) is 0 Å². The maximum atomic E-state index is 12.7. The summed E-state index contributed by atoms with van der Waals surface area (Å²) in [6.45, 7) is 4.12. The van der Waals surface area contributed by atoms with Crippen molar-refractivity contribution in [1.29, 1.82) is 0 Å². The molecule has 0 rings (SSSR count). The number of aliphatic carboxylic acids is 1. The number of carbonyl (C=O) groups is 3. The first-order chi connectivity index (χ1) is 26.5. The molecule has 6 heteroatoms. The summed E-state index contributed by atoms with van der Waals surface area (Å²) in [5.74, 6) is -1.29. The molecule has 6 nitrogen and oxygen atoms in total. The van der Waals surface area contributed by atoms with Gasteiger partial charge in [0.2, 0.25) is 5.91 Å². The number of hydrogen-bond acceptors (Lipinski definition) is 4. The van der Waals surface area contributed by atoms with E-state index in [4.69, 9.17) is 9.84 Å². The Morgan fingerprint density at radius 1 is 0.500 bits per heavy atom. The van der Waals surface area contributed by atoms with E-state index in [-0.39, 0.29) is 24.5 Å². The highest BCUT2D eigenvalue weighted by Gasteiger charge is 2.11. The lowest BCUT2D eigenvalue weighted by Gasteiger charge is -2.14. The smallest absolute Gasteiger partial charge is 0.322 e. The minimum atomic E-state index is -1.02. The maximum absolute atomic E-state index is 12.7. The minimum Gasteiger partial charge on any atom is -0.480 e. The normalized spacial score (nSPS) is 12.3. The number of hydrogen-bond donors (Lipinski definition) is 2. The number of esters is 1. The first-order valence-electron chi connectivity index (χ1n) is 23.1. The van der Waals surface area contributed by atoms with E-state index < -0.39 is 5.97 Å². The van der Waals surface area contributed by atoms with Gasteiger partial charge in [0.05, 0.1) is 0 Å². The third-order valence-corrected chi connectivity index (χ3v) is 10.3. The molecule has 0 aromatic heterocycles. The van der Waals surface area contributed by atoms with Crippen LogP contribution >= 0.6 is 0 Å². The molecule has 314 valence electrons. The van der Waals surface area contributed by atoms with E-state index >= 15 is 0 Å². The van der Waals surface area contributed by atoms with Crippen molar-refractivity contribution in [2.45, 2.75) is 245 Å². The van der Waals surface area contributed by atoms with Crippen LogP contribution in [0.25, 0.3) is 0 Å². The van der Waals surface area contributed by atoms with E-state index in [0.29, 0.717) is 12.8 Å². The molecule has 0 aromatic carbocycles. The van der Waals surface area contributed by atoms with Crippen LogP contribution in [0.5, 0.6) is 0 Å². The molecule has 0 bridgehead atoms. The van der Waals surface area contributed by atoms with Gasteiger partial charge in [-0.1, -0.05) is 211 Å². The Labute approximate surface area is 334 Å². The SMILES string of the molecule is CC/C=C\C/C=C\C/C=C\C(CCCCCCCCC(=O)NCC(=O)O)OC(=O)CCCCCCCCCCCCCCCCCCCCCCCCC. The van der Waals surface area contributed by atoms with Gasteiger partial charge in [0, 0.05) is 12.8 Å². The van der Waals surface area contributed by atoms with Gasteiger partial charge in [-0.25, -0.2) is 0 Å². The van der Waals surface area contributed by atoms with Crippen LogP contribution in [0.2, 0.25) is 0 Å². The second kappa shape index (κ2) is 43.4. The summed E-state index contributed by atoms with van der Waals surface area (Å²) in [5.41, 5.74) is 0. The van der Waals surface area contributed by atoms with Crippen LogP contribution in [0.1, 0.15) is 239 Å². The van der Waals surface area contributed by atoms with Crippen molar-refractivity contribution >= 4 is 17.8 Å². The molecule has 0 saturated carbocycles. The third kappa shape index (κ3) is 42.4. The van der Waals surface area contributed by atoms with E-state index in [0.717, 1.165) is 77.0 Å². The molecule has 1 unspecified atom stereocenters. The van der Waals surface area contributed by atoms with Crippen molar-refractivity contribution in [2.24, 2.45) is 0 Å². The summed E-state index contributed by atoms with van der Waals surface area (Å²) < 4.78 is 5.92. The fourth-order valence-corrected chi connectivity index (χ4v) is 6.92. The van der Waals surface area contributed by atoms with E-state index in [9.17, 15) is 14.4 Å². The van der Waals surface area contributed by atoms with Crippen LogP contribution in [-0.2, 0) is 19.1 Å². The summed E-state index contributed by atoms with van der Waals surface area (Å²) in [4.78, 5) is 34.9. The Hall–Kier alpha value is -2.37. The molecule has 0 heterocycles. The molecule has 0 aromatic rings. The van der Waals surface area contributed by atoms with Crippen molar-refractivity contribution in [3.05, 3.63) is 36.5 Å². The van der Waals surface area contributed by atoms with Gasteiger partial charge < -0.3 is 15.2 Å². The van der Waals surface area contributed by atoms with Gasteiger partial charge in [-0.3, -0.25) is 14.4 Å². The standard InChI is InChI=1S/C48H87NO5/c1-3-5-7-9-11-13-14-15-16-17-18-19-20-21-22-23-24-25-26-27-29-35-39-43-48(53)54-45(40-36-32-28-12-10-8-6-4-2)41-37-33-30-31-34-38-42-46(50)49-44-47(51)52/h6,8,12,28,36,40,45H,3-5,7,9-11,13-27,29-35,37-39,41-44H2,1-2H3,(H,49,50)(H,51,52)/b8-6-,28-12-,40-36-. The fourth-order valence-electron chi connectivity index (χ4n) is 6.92. The number of carboxylic acids is 1. The zero-order valence-corrected chi connectivity index (χ0v) is 35.6. The quantitative estimate of drug-likeness (QED) is 0.0367. The predicted molar refractivity (Wildman–Crippen MR) is 231 cm³/mol. The molecule has 0 spiro atoms. The van der Waals surface area contributed by atoms with E-state index in [2.05, 4.69) is 55.6 Å². The van der Waals surface area contributed by atoms with Gasteiger partial charge in [0.15, 0.2) is 0 Å². The van der Waals surface area contributed by atoms with Crippen LogP contribution in [0, 0.1) is 0 Å². The van der Waals surface area contributed by atoms with E-state index in [1.807, 2.05) is 0 Å². The van der Waals surface area contributed by atoms with Crippen LogP contribution in [0.15, 0.2) is 36.5 Å². The summed E-state index contributed by atoms with van der Waals surface area (Å²) in [5, 5.41) is 11.1. The highest BCUT2D eigenvalue weighted by Crippen LogP contribution is 2.17. The van der Waals surface area contributed by atoms with Gasteiger partial charge in [0.1, 0.15) is 12.6 Å². The second-order valence-electron chi connectivity index (χ2n) is 15.6. The van der Waals surface area contributed by atoms with Crippen molar-refractivity contribution in [3.8, 4) is 0 Å². The molecule has 0 fully saturated rings. The number of carboxylic acid groups (broad SMARTS) is 1. The number of amides is 1. The molecule has 0 aliphatic carbocycles. The molecule has 1 amide bonds. The van der Waals surface area contributed by atoms with Gasteiger partial charge in [-0.2, -0.15) is 0 Å². The number of carbonyl (C=O) groups excluding carboxylic acids is 2. The lowest BCUT2D eigenvalue weighted by molar-refractivity contribution is -0.147. The van der Waals surface area contributed by atoms with Crippen molar-refractivity contribution in [3.63, 3.8) is 0 Å². The molecule has 0 saturated heterocycles. The van der Waals surface area contributed by atoms with Crippen molar-refractivity contribution < 1.29 is 24.2 Å². The van der Waals surface area contributed by atoms with Gasteiger partial charge in [0.25, 0.3) is 0 Å². The Bertz CT molecular complexity index is 926. The lowest BCUT2D eigenvalue weighted by Crippen LogP contribution is -2.28. The first kappa shape index (κ1) is 51.6. The topological polar surface area (TPSA) is 92.7 Å². The monoisotopic (exact) mass is 758 g/mol. The minimum absolute atomic E-state index is 0.0745. The number of nitrogens with one attached hydrogen (secondary N) is 1. The van der Waals surface area contributed by atoms with Crippen molar-refractivity contribution in [1.82, 2.24) is 5.32 Å². The van der Waals surface area contributed by atoms with Crippen LogP contribution < -0.4 is 5.32 Å². The molecule has 0 aliphatic rings. The second-order valence-corrected chi connectivity index (χ2v) is 15.6. The predicted octanol–water partition coefficient (Wildman–Crippen LogP) is 14.5. The van der Waals surface area contributed by atoms with E-state index in [1.165, 1.54) is 135 Å². The number of ether oxygens (including phenoxy) is 1. The highest BCUT2D eigenvalue weighted by atomic mass is 16.5. The van der Waals surface area contributed by atoms with Crippen molar-refractivity contribution in [2.75, 3.05) is 6.54 Å². The average Bonchev–Trinajstić information content (AvgIpc) is 3.16. The molecular formula is C48H87NO5. The van der Waals surface area contributed by atoms with Gasteiger partial charge >= 0.3 is 11.9 Å². The van der Waals surface area contributed by atoms with Crippen LogP contribution in [0.4, 0.5) is 0 Å². The number of unbranched alkanes of at least 4 members (excludes halogenated alkanes) is 27. The lowest BCUT2D eigenvalue weighted by atomic mass is 10.0. The zero-order valence-electron chi connectivity index (χ0n) is 35.6. The summed E-state index contributed by atoms with van der Waals surface area (Å²) >= 11 is 0. The number of allylic oxidation sites excluding steroid dienone is 5. The van der Waals surface area contributed by atoms with Crippen LogP contribution in [0.3, 0.4) is 0 Å². The summed E-state index contributed by atoms with van der Waals surface area (Å²) in [7, 11) is 0. The third-order valence-electron chi connectivity index (χ3n) is 10.3. The van der Waals surface area contributed by atoms with Crippen LogP contribution in [-0.4, -0.2) is 35.6 Å². The largest absolute Gasteiger partial charge is 0.480 e. The Balaban J connectivity index is 3.94. The van der Waals surface area contributed by atoms with Gasteiger partial charge in [-0.15, -0.1) is 0 Å². The Morgan fingerprint density at radius 3 is 1.33 bits per heavy atom. The fraction of sp³-hybridized carbons (Fsp3) is 0.812. The maximum Gasteiger partial charge on any atom is 0.322 e. The zero-order chi connectivity index (χ0) is 39.4. The molecule has 54 heavy (non-hydrogen) atoms. The first-order valence-corrected chi connectivity index (χ1v) is 23.1. The summed E-state index contributed by atoms with van der Waals surface area (Å²) in [6, 6.07) is 0. The molecule has 0 radical (unpaired) electrons. The Kier molecular flexibility index (Phi) is 41.5. The Morgan fingerprint density at radius 2 is 0.889 bits per heavy atom. The highest BCUT2D eigenvalue weighted by molar-refractivity contribution is 5.80. The van der Waals surface area contributed by atoms with Gasteiger partial charge in [-0.05, 0) is 51.0 Å². The number of rotatable bonds is 42. The summed E-state index contributed by atoms with van der Waals surface area (Å²) in [6.07, 6.45) is 54.6.